The first-order valence-electron chi connectivity index (χ1n) is 4.74. The lowest BCUT2D eigenvalue weighted by atomic mass is 10.0. The normalized spacial score (nSPS) is 10.1. The van der Waals surface area contributed by atoms with Gasteiger partial charge < -0.3 is 15.1 Å². The van der Waals surface area contributed by atoms with Gasteiger partial charge in [-0.15, -0.1) is 0 Å². The van der Waals surface area contributed by atoms with Gasteiger partial charge in [0.15, 0.2) is 0 Å². The van der Waals surface area contributed by atoms with Crippen LogP contribution in [0.4, 0.5) is 5.69 Å². The smallest absolute Gasteiger partial charge is 0.339 e. The maximum absolute atomic E-state index is 10.8. The molecule has 15 heavy (non-hydrogen) atoms. The number of nitrogens with zero attached hydrogens (tertiary/aromatic N) is 1. The van der Waals surface area contributed by atoms with E-state index in [1.54, 1.807) is 6.07 Å². The highest BCUT2D eigenvalue weighted by Crippen LogP contribution is 2.31. The Morgan fingerprint density at radius 2 is 2.00 bits per heavy atom. The minimum absolute atomic E-state index is 0.0440. The zero-order valence-electron chi connectivity index (χ0n) is 9.11. The molecule has 4 heteroatoms. The number of carboxylic acid groups (broad SMARTS) is 1. The molecule has 0 saturated heterocycles. The first-order chi connectivity index (χ1) is 6.99. The average molecular weight is 209 g/mol. The Kier molecular flexibility index (Phi) is 3.19. The second kappa shape index (κ2) is 4.21. The zero-order chi connectivity index (χ0) is 11.6. The molecule has 0 aromatic heterocycles. The van der Waals surface area contributed by atoms with Gasteiger partial charge in [-0.25, -0.2) is 4.79 Å². The van der Waals surface area contributed by atoms with Gasteiger partial charge in [0.2, 0.25) is 0 Å². The van der Waals surface area contributed by atoms with Crippen LogP contribution >= 0.6 is 0 Å². The Balaban J connectivity index is 3.39. The molecule has 0 saturated carbocycles. The van der Waals surface area contributed by atoms with E-state index < -0.39 is 5.97 Å². The average Bonchev–Trinajstić information content (AvgIpc) is 2.16. The monoisotopic (exact) mass is 209 g/mol. The molecule has 0 atom stereocenters. The van der Waals surface area contributed by atoms with Crippen molar-refractivity contribution < 1.29 is 15.0 Å². The van der Waals surface area contributed by atoms with Gasteiger partial charge in [-0.2, -0.15) is 0 Å². The second-order valence-corrected chi connectivity index (χ2v) is 3.51. The summed E-state index contributed by atoms with van der Waals surface area (Å²) in [6.45, 7) is 1.88. The van der Waals surface area contributed by atoms with E-state index in [2.05, 4.69) is 0 Å². The summed E-state index contributed by atoms with van der Waals surface area (Å²) in [5.41, 5.74) is 1.47. The Morgan fingerprint density at radius 3 is 2.40 bits per heavy atom. The van der Waals surface area contributed by atoms with Gasteiger partial charge >= 0.3 is 5.97 Å². The van der Waals surface area contributed by atoms with Crippen molar-refractivity contribution in [1.82, 2.24) is 0 Å². The van der Waals surface area contributed by atoms with E-state index in [1.807, 2.05) is 25.9 Å². The van der Waals surface area contributed by atoms with Crippen molar-refractivity contribution in [3.05, 3.63) is 23.3 Å². The van der Waals surface area contributed by atoms with Gasteiger partial charge in [-0.1, -0.05) is 6.92 Å². The first-order valence-corrected chi connectivity index (χ1v) is 4.74. The molecule has 1 rings (SSSR count). The van der Waals surface area contributed by atoms with Crippen LogP contribution in [0.15, 0.2) is 12.1 Å². The number of hydrogen-bond donors (Lipinski definition) is 2. The van der Waals surface area contributed by atoms with E-state index in [-0.39, 0.29) is 11.3 Å². The SMILES string of the molecule is CCc1c(N(C)C)ccc(C(=O)O)c1O. The molecule has 1 aromatic carbocycles. The number of aromatic hydroxyl groups is 1. The molecule has 1 aromatic rings. The number of hydrogen-bond acceptors (Lipinski definition) is 3. The van der Waals surface area contributed by atoms with Crippen LogP contribution in [-0.2, 0) is 6.42 Å². The summed E-state index contributed by atoms with van der Waals surface area (Å²) in [4.78, 5) is 12.6. The molecular weight excluding hydrogens is 194 g/mol. The Labute approximate surface area is 88.8 Å². The maximum Gasteiger partial charge on any atom is 0.339 e. The van der Waals surface area contributed by atoms with E-state index in [1.165, 1.54) is 6.07 Å². The Morgan fingerprint density at radius 1 is 1.40 bits per heavy atom. The number of rotatable bonds is 3. The van der Waals surface area contributed by atoms with Crippen LogP contribution in [-0.4, -0.2) is 30.3 Å². The maximum atomic E-state index is 10.8. The molecule has 0 unspecified atom stereocenters. The van der Waals surface area contributed by atoms with Gasteiger partial charge in [-0.3, -0.25) is 0 Å². The van der Waals surface area contributed by atoms with Crippen LogP contribution in [0.2, 0.25) is 0 Å². The predicted octanol–water partition coefficient (Wildman–Crippen LogP) is 1.72. The van der Waals surface area contributed by atoms with Crippen molar-refractivity contribution in [3.63, 3.8) is 0 Å². The molecular formula is C11H15NO3. The zero-order valence-corrected chi connectivity index (χ0v) is 9.11. The molecule has 4 nitrogen and oxygen atoms in total. The fourth-order valence-corrected chi connectivity index (χ4v) is 1.57. The van der Waals surface area contributed by atoms with Crippen molar-refractivity contribution in [3.8, 4) is 5.75 Å². The molecule has 82 valence electrons. The third-order valence-electron chi connectivity index (χ3n) is 2.32. The van der Waals surface area contributed by atoms with Gasteiger partial charge in [0.05, 0.1) is 0 Å². The number of phenols is 1. The van der Waals surface area contributed by atoms with E-state index in [0.717, 1.165) is 5.69 Å². The van der Waals surface area contributed by atoms with Crippen LogP contribution in [0.3, 0.4) is 0 Å². The summed E-state index contributed by atoms with van der Waals surface area (Å²) < 4.78 is 0. The molecule has 0 fully saturated rings. The van der Waals surface area contributed by atoms with E-state index in [4.69, 9.17) is 5.11 Å². The highest BCUT2D eigenvalue weighted by molar-refractivity contribution is 5.92. The molecule has 0 radical (unpaired) electrons. The third-order valence-corrected chi connectivity index (χ3v) is 2.32. The lowest BCUT2D eigenvalue weighted by Crippen LogP contribution is -2.12. The lowest BCUT2D eigenvalue weighted by molar-refractivity contribution is 0.0693. The Hall–Kier alpha value is -1.71. The molecule has 0 spiro atoms. The minimum atomic E-state index is -1.10. The second-order valence-electron chi connectivity index (χ2n) is 3.51. The van der Waals surface area contributed by atoms with E-state index >= 15 is 0 Å². The molecule has 0 heterocycles. The molecule has 0 aliphatic rings. The highest BCUT2D eigenvalue weighted by Gasteiger charge is 2.16. The number of carbonyl (C=O) groups is 1. The molecule has 0 aliphatic heterocycles. The van der Waals surface area contributed by atoms with Gasteiger partial charge in [0, 0.05) is 25.3 Å². The van der Waals surface area contributed by atoms with Crippen molar-refractivity contribution >= 4 is 11.7 Å². The summed E-state index contributed by atoms with van der Waals surface area (Å²) in [6, 6.07) is 3.13. The summed E-state index contributed by atoms with van der Waals surface area (Å²) in [5, 5.41) is 18.6. The summed E-state index contributed by atoms with van der Waals surface area (Å²) in [6.07, 6.45) is 0.598. The number of anilines is 1. The predicted molar refractivity (Wildman–Crippen MR) is 58.8 cm³/mol. The van der Waals surface area contributed by atoms with Gasteiger partial charge in [0.25, 0.3) is 0 Å². The molecule has 0 aliphatic carbocycles. The summed E-state index contributed by atoms with van der Waals surface area (Å²) in [5.74, 6) is -1.23. The topological polar surface area (TPSA) is 60.8 Å². The van der Waals surface area contributed by atoms with Crippen molar-refractivity contribution in [2.45, 2.75) is 13.3 Å². The number of benzene rings is 1. The van der Waals surface area contributed by atoms with Gasteiger partial charge in [0.1, 0.15) is 11.3 Å². The van der Waals surface area contributed by atoms with Crippen molar-refractivity contribution in [1.29, 1.82) is 0 Å². The Bertz CT molecular complexity index is 386. The van der Waals surface area contributed by atoms with Crippen LogP contribution in [0.5, 0.6) is 5.75 Å². The van der Waals surface area contributed by atoms with Crippen molar-refractivity contribution in [2.75, 3.05) is 19.0 Å². The lowest BCUT2D eigenvalue weighted by Gasteiger charge is -2.18. The van der Waals surface area contributed by atoms with E-state index in [0.29, 0.717) is 12.0 Å². The minimum Gasteiger partial charge on any atom is -0.507 e. The summed E-state index contributed by atoms with van der Waals surface area (Å²) >= 11 is 0. The molecule has 2 N–H and O–H groups in total. The van der Waals surface area contributed by atoms with Crippen LogP contribution in [0.25, 0.3) is 0 Å². The third kappa shape index (κ3) is 2.03. The first kappa shape index (κ1) is 11.4. The quantitative estimate of drug-likeness (QED) is 0.795. The van der Waals surface area contributed by atoms with E-state index in [9.17, 15) is 9.90 Å². The largest absolute Gasteiger partial charge is 0.507 e. The van der Waals surface area contributed by atoms with Crippen LogP contribution in [0.1, 0.15) is 22.8 Å². The summed E-state index contributed by atoms with van der Waals surface area (Å²) in [7, 11) is 3.71. The standard InChI is InChI=1S/C11H15NO3/c1-4-7-9(12(2)3)6-5-8(10(7)13)11(14)15/h5-6,13H,4H2,1-3H3,(H,14,15). The van der Waals surface area contributed by atoms with Crippen LogP contribution in [0, 0.1) is 0 Å². The number of carboxylic acids is 1. The van der Waals surface area contributed by atoms with Crippen LogP contribution < -0.4 is 4.90 Å². The fraction of sp³-hybridized carbons (Fsp3) is 0.364. The number of aromatic carboxylic acids is 1. The van der Waals surface area contributed by atoms with Crippen molar-refractivity contribution in [2.24, 2.45) is 0 Å². The highest BCUT2D eigenvalue weighted by atomic mass is 16.4. The molecule has 0 bridgehead atoms. The molecule has 0 amide bonds. The fourth-order valence-electron chi connectivity index (χ4n) is 1.57. The van der Waals surface area contributed by atoms with Gasteiger partial charge in [-0.05, 0) is 18.6 Å².